The highest BCUT2D eigenvalue weighted by Gasteiger charge is 2.31. The average molecular weight is 431 g/mol. The molecule has 8 nitrogen and oxygen atoms in total. The third-order valence-corrected chi connectivity index (χ3v) is 6.65. The van der Waals surface area contributed by atoms with Gasteiger partial charge in [-0.3, -0.25) is 14.4 Å². The minimum Gasteiger partial charge on any atom is -0.495 e. The van der Waals surface area contributed by atoms with Crippen LogP contribution in [0.2, 0.25) is 0 Å². The van der Waals surface area contributed by atoms with E-state index in [0.717, 1.165) is 26.2 Å². The normalized spacial score (nSPS) is 12.5. The Balaban J connectivity index is 2.33. The van der Waals surface area contributed by atoms with E-state index in [0.29, 0.717) is 16.6 Å². The highest BCUT2D eigenvalue weighted by Crippen LogP contribution is 2.33. The first-order chi connectivity index (χ1) is 12.7. The highest BCUT2D eigenvalue weighted by atomic mass is 32.2. The summed E-state index contributed by atoms with van der Waals surface area (Å²) in [5.41, 5.74) is 1.15. The number of nitrogens with one attached hydrogen (secondary N) is 1. The second kappa shape index (κ2) is 8.89. The van der Waals surface area contributed by atoms with Gasteiger partial charge in [-0.15, -0.1) is 10.2 Å². The number of methoxy groups -OCH3 is 1. The lowest BCUT2D eigenvalue weighted by atomic mass is 10.2. The lowest BCUT2D eigenvalue weighted by Gasteiger charge is -2.29. The number of rotatable bonds is 8. The van der Waals surface area contributed by atoms with Crippen LogP contribution in [0.4, 0.5) is 10.8 Å². The summed E-state index contributed by atoms with van der Waals surface area (Å²) in [6.45, 7) is 5.34. The van der Waals surface area contributed by atoms with Crippen molar-refractivity contribution < 1.29 is 17.9 Å². The number of hydrogen-bond acceptors (Lipinski definition) is 8. The largest absolute Gasteiger partial charge is 0.495 e. The Labute approximate surface area is 167 Å². The molecule has 11 heteroatoms. The van der Waals surface area contributed by atoms with E-state index in [4.69, 9.17) is 4.74 Å². The zero-order chi connectivity index (χ0) is 20.2. The van der Waals surface area contributed by atoms with E-state index < -0.39 is 22.0 Å². The number of aromatic nitrogens is 2. The minimum atomic E-state index is -3.75. The van der Waals surface area contributed by atoms with E-state index in [1.807, 2.05) is 19.9 Å². The zero-order valence-electron chi connectivity index (χ0n) is 15.7. The number of carbonyl (C=O) groups excluding carboxylic acids is 1. The van der Waals surface area contributed by atoms with Gasteiger partial charge in [0.15, 0.2) is 4.34 Å². The van der Waals surface area contributed by atoms with Gasteiger partial charge < -0.3 is 4.74 Å². The summed E-state index contributed by atoms with van der Waals surface area (Å²) < 4.78 is 32.0. The van der Waals surface area contributed by atoms with Crippen molar-refractivity contribution in [2.45, 2.75) is 31.2 Å². The van der Waals surface area contributed by atoms with Crippen molar-refractivity contribution in [3.8, 4) is 5.75 Å². The molecule has 0 fully saturated rings. The summed E-state index contributed by atoms with van der Waals surface area (Å²) in [6, 6.07) is 4.14. The molecule has 0 radical (unpaired) electrons. The predicted molar refractivity (Wildman–Crippen MR) is 109 cm³/mol. The summed E-state index contributed by atoms with van der Waals surface area (Å²) in [4.78, 5) is 12.7. The maximum absolute atomic E-state index is 12.7. The lowest BCUT2D eigenvalue weighted by molar-refractivity contribution is -0.116. The first kappa shape index (κ1) is 21.5. The summed E-state index contributed by atoms with van der Waals surface area (Å²) in [5, 5.41) is 10.9. The molecule has 1 aromatic heterocycles. The van der Waals surface area contributed by atoms with Gasteiger partial charge in [-0.05, 0) is 37.3 Å². The van der Waals surface area contributed by atoms with Gasteiger partial charge in [0, 0.05) is 0 Å². The van der Waals surface area contributed by atoms with E-state index >= 15 is 0 Å². The van der Waals surface area contributed by atoms with Gasteiger partial charge in [-0.1, -0.05) is 36.1 Å². The topological polar surface area (TPSA) is 101 Å². The molecule has 0 bridgehead atoms. The van der Waals surface area contributed by atoms with Crippen LogP contribution in [0.1, 0.15) is 19.4 Å². The standard InChI is InChI=1S/C16H22N4O4S3/c1-6-25-16-19-18-15(26-16)17-14(21)11(3)20(27(5,22)23)12-9-10(2)7-8-13(12)24-4/h7-9,11H,6H2,1-5H3,(H,17,18,21)/t11-/m0/s1. The number of anilines is 2. The molecular formula is C16H22N4O4S3. The molecule has 1 aromatic carbocycles. The van der Waals surface area contributed by atoms with Crippen LogP contribution >= 0.6 is 23.1 Å². The number of carbonyl (C=O) groups is 1. The Morgan fingerprint density at radius 2 is 2.11 bits per heavy atom. The number of nitrogens with zero attached hydrogens (tertiary/aromatic N) is 3. The van der Waals surface area contributed by atoms with Crippen LogP contribution in [0, 0.1) is 6.92 Å². The van der Waals surface area contributed by atoms with Crippen LogP contribution < -0.4 is 14.4 Å². The van der Waals surface area contributed by atoms with Crippen molar-refractivity contribution in [1.82, 2.24) is 10.2 Å². The molecule has 2 rings (SSSR count). The van der Waals surface area contributed by atoms with Gasteiger partial charge in [0.2, 0.25) is 21.1 Å². The van der Waals surface area contributed by atoms with Crippen molar-refractivity contribution in [2.24, 2.45) is 0 Å². The highest BCUT2D eigenvalue weighted by molar-refractivity contribution is 8.01. The summed E-state index contributed by atoms with van der Waals surface area (Å²) in [6.07, 6.45) is 1.06. The summed E-state index contributed by atoms with van der Waals surface area (Å²) in [5.74, 6) is 0.699. The van der Waals surface area contributed by atoms with Crippen LogP contribution in [0.3, 0.4) is 0 Å². The van der Waals surface area contributed by atoms with Crippen molar-refractivity contribution >= 4 is 49.8 Å². The zero-order valence-corrected chi connectivity index (χ0v) is 18.2. The third kappa shape index (κ3) is 5.33. The predicted octanol–water partition coefficient (Wildman–Crippen LogP) is 2.76. The van der Waals surface area contributed by atoms with Crippen LogP contribution in [0.15, 0.2) is 22.5 Å². The Morgan fingerprint density at radius 3 is 2.70 bits per heavy atom. The van der Waals surface area contributed by atoms with Gasteiger partial charge in [-0.25, -0.2) is 8.42 Å². The van der Waals surface area contributed by atoms with Crippen LogP contribution in [-0.4, -0.2) is 49.7 Å². The molecular weight excluding hydrogens is 408 g/mol. The van der Waals surface area contributed by atoms with Crippen molar-refractivity contribution in [2.75, 3.05) is 28.7 Å². The summed E-state index contributed by atoms with van der Waals surface area (Å²) in [7, 11) is -2.30. The van der Waals surface area contributed by atoms with Crippen LogP contribution in [0.5, 0.6) is 5.75 Å². The van der Waals surface area contributed by atoms with Crippen molar-refractivity contribution in [1.29, 1.82) is 0 Å². The Bertz CT molecular complexity index is 914. The molecule has 0 unspecified atom stereocenters. The van der Waals surface area contributed by atoms with Gasteiger partial charge in [-0.2, -0.15) is 0 Å². The molecule has 1 amide bonds. The number of benzene rings is 1. The molecule has 1 heterocycles. The fourth-order valence-electron chi connectivity index (χ4n) is 2.41. The molecule has 2 aromatic rings. The second-order valence-electron chi connectivity index (χ2n) is 5.71. The van der Waals surface area contributed by atoms with E-state index in [1.165, 1.54) is 37.1 Å². The van der Waals surface area contributed by atoms with Gasteiger partial charge in [0.25, 0.3) is 0 Å². The molecule has 0 spiro atoms. The summed E-state index contributed by atoms with van der Waals surface area (Å²) >= 11 is 2.76. The Morgan fingerprint density at radius 1 is 1.41 bits per heavy atom. The second-order valence-corrected chi connectivity index (χ2v) is 10.1. The Hall–Kier alpha value is -1.85. The fourth-order valence-corrected chi connectivity index (χ4v) is 5.23. The number of thioether (sulfide) groups is 1. The van der Waals surface area contributed by atoms with Crippen LogP contribution in [-0.2, 0) is 14.8 Å². The van der Waals surface area contributed by atoms with Crippen molar-refractivity contribution in [3.05, 3.63) is 23.8 Å². The SMILES string of the molecule is CCSc1nnc(NC(=O)[C@H](C)N(c2cc(C)ccc2OC)S(C)(=O)=O)s1. The van der Waals surface area contributed by atoms with Gasteiger partial charge in [0.05, 0.1) is 19.1 Å². The van der Waals surface area contributed by atoms with E-state index in [9.17, 15) is 13.2 Å². The quantitative estimate of drug-likeness (QED) is 0.507. The minimum absolute atomic E-state index is 0.308. The van der Waals surface area contributed by atoms with E-state index in [-0.39, 0.29) is 0 Å². The number of amides is 1. The molecule has 0 saturated carbocycles. The third-order valence-electron chi connectivity index (χ3n) is 3.56. The van der Waals surface area contributed by atoms with E-state index in [1.54, 1.807) is 12.1 Å². The van der Waals surface area contributed by atoms with Crippen LogP contribution in [0.25, 0.3) is 0 Å². The van der Waals surface area contributed by atoms with E-state index in [2.05, 4.69) is 15.5 Å². The smallest absolute Gasteiger partial charge is 0.249 e. The average Bonchev–Trinajstić information content (AvgIpc) is 3.01. The molecule has 0 aliphatic rings. The number of sulfonamides is 1. The first-order valence-corrected chi connectivity index (χ1v) is 11.7. The van der Waals surface area contributed by atoms with Gasteiger partial charge >= 0.3 is 0 Å². The van der Waals surface area contributed by atoms with Crippen molar-refractivity contribution in [3.63, 3.8) is 0 Å². The number of aryl methyl sites for hydroxylation is 1. The number of ether oxygens (including phenoxy) is 1. The molecule has 0 aliphatic carbocycles. The lowest BCUT2D eigenvalue weighted by Crippen LogP contribution is -2.45. The molecule has 148 valence electrons. The maximum atomic E-state index is 12.7. The number of hydrogen-bond donors (Lipinski definition) is 1. The molecule has 27 heavy (non-hydrogen) atoms. The first-order valence-electron chi connectivity index (χ1n) is 8.08. The van der Waals surface area contributed by atoms with Gasteiger partial charge in [0.1, 0.15) is 11.8 Å². The maximum Gasteiger partial charge on any atom is 0.249 e. The molecule has 1 N–H and O–H groups in total. The molecule has 0 saturated heterocycles. The molecule has 1 atom stereocenters. The molecule has 0 aliphatic heterocycles. The fraction of sp³-hybridized carbons (Fsp3) is 0.438. The monoisotopic (exact) mass is 430 g/mol. The Kier molecular flexibility index (Phi) is 7.06.